The second-order valence-electron chi connectivity index (χ2n) is 2.66. The van der Waals surface area contributed by atoms with Crippen LogP contribution in [0.5, 0.6) is 0 Å². The zero-order chi connectivity index (χ0) is 8.85. The molecule has 0 saturated carbocycles. The van der Waals surface area contributed by atoms with Crippen LogP contribution in [0.1, 0.15) is 27.7 Å². The van der Waals surface area contributed by atoms with Gasteiger partial charge in [-0.2, -0.15) is 0 Å². The largest absolute Gasteiger partial charge is 0.387 e. The van der Waals surface area contributed by atoms with Crippen molar-refractivity contribution in [3.63, 3.8) is 0 Å². The first kappa shape index (κ1) is 10.3. The van der Waals surface area contributed by atoms with Crippen LogP contribution in [0, 0.1) is 17.8 Å². The van der Waals surface area contributed by atoms with Crippen LogP contribution in [-0.4, -0.2) is 11.2 Å². The Balaban J connectivity index is 4.20. The highest BCUT2D eigenvalue weighted by Crippen LogP contribution is 2.10. The lowest BCUT2D eigenvalue weighted by Gasteiger charge is -2.13. The summed E-state index contributed by atoms with van der Waals surface area (Å²) in [4.78, 5) is 0. The molecule has 1 nitrogen and oxygen atoms in total. The molecule has 0 spiro atoms. The molecular formula is C10H16O. The van der Waals surface area contributed by atoms with E-state index in [1.807, 2.05) is 26.8 Å². The van der Waals surface area contributed by atoms with E-state index >= 15 is 0 Å². The van der Waals surface area contributed by atoms with Gasteiger partial charge in [0.25, 0.3) is 0 Å². The third-order valence-corrected chi connectivity index (χ3v) is 1.77. The molecule has 2 atom stereocenters. The van der Waals surface area contributed by atoms with Crippen molar-refractivity contribution in [2.24, 2.45) is 5.92 Å². The summed E-state index contributed by atoms with van der Waals surface area (Å²) in [6, 6.07) is 0. The fraction of sp³-hybridized carbons (Fsp3) is 0.600. The topological polar surface area (TPSA) is 20.2 Å². The third kappa shape index (κ3) is 3.25. The molecule has 0 aromatic carbocycles. The van der Waals surface area contributed by atoms with E-state index in [0.717, 1.165) is 5.57 Å². The Morgan fingerprint density at radius 2 is 2.09 bits per heavy atom. The van der Waals surface area contributed by atoms with Crippen molar-refractivity contribution < 1.29 is 5.11 Å². The van der Waals surface area contributed by atoms with Crippen molar-refractivity contribution in [1.82, 2.24) is 0 Å². The lowest BCUT2D eigenvalue weighted by atomic mass is 9.99. The number of aliphatic hydroxyl groups is 1. The van der Waals surface area contributed by atoms with Crippen LogP contribution >= 0.6 is 0 Å². The zero-order valence-electron chi connectivity index (χ0n) is 7.68. The van der Waals surface area contributed by atoms with Crippen molar-refractivity contribution in [3.8, 4) is 11.8 Å². The standard InChI is InChI=1S/C10H16O/c1-5-7-9(4)10(11)8(3)6-2/h6,9-11H,1-4H3/b8-6-/t9-,10?/m1/s1. The average molecular weight is 152 g/mol. The van der Waals surface area contributed by atoms with Crippen molar-refractivity contribution in [2.45, 2.75) is 33.8 Å². The molecule has 62 valence electrons. The Morgan fingerprint density at radius 1 is 1.55 bits per heavy atom. The minimum atomic E-state index is -0.410. The normalized spacial score (nSPS) is 16.6. The fourth-order valence-electron chi connectivity index (χ4n) is 0.872. The minimum Gasteiger partial charge on any atom is -0.387 e. The second kappa shape index (κ2) is 4.98. The van der Waals surface area contributed by atoms with E-state index in [1.165, 1.54) is 0 Å². The summed E-state index contributed by atoms with van der Waals surface area (Å²) in [6.07, 6.45) is 1.51. The Bertz CT molecular complexity index is 193. The molecule has 0 bridgehead atoms. The Hall–Kier alpha value is -0.740. The first-order chi connectivity index (χ1) is 5.13. The Labute approximate surface area is 69.1 Å². The summed E-state index contributed by atoms with van der Waals surface area (Å²) in [7, 11) is 0. The first-order valence-electron chi connectivity index (χ1n) is 3.86. The monoisotopic (exact) mass is 152 g/mol. The summed E-state index contributed by atoms with van der Waals surface area (Å²) >= 11 is 0. The summed E-state index contributed by atoms with van der Waals surface area (Å²) in [5.41, 5.74) is 0.986. The number of rotatable bonds is 2. The molecule has 0 fully saturated rings. The van der Waals surface area contributed by atoms with Gasteiger partial charge in [0.2, 0.25) is 0 Å². The van der Waals surface area contributed by atoms with Crippen molar-refractivity contribution in [2.75, 3.05) is 0 Å². The molecule has 0 aliphatic heterocycles. The maximum absolute atomic E-state index is 9.55. The van der Waals surface area contributed by atoms with Gasteiger partial charge in [0.1, 0.15) is 0 Å². The predicted molar refractivity (Wildman–Crippen MR) is 48.1 cm³/mol. The maximum atomic E-state index is 9.55. The first-order valence-corrected chi connectivity index (χ1v) is 3.86. The van der Waals surface area contributed by atoms with E-state index in [2.05, 4.69) is 11.8 Å². The lowest BCUT2D eigenvalue weighted by molar-refractivity contribution is 0.177. The van der Waals surface area contributed by atoms with Crippen LogP contribution in [0.15, 0.2) is 11.6 Å². The molecule has 0 aliphatic carbocycles. The second-order valence-corrected chi connectivity index (χ2v) is 2.66. The molecule has 0 heterocycles. The molecule has 0 aliphatic rings. The summed E-state index contributed by atoms with van der Waals surface area (Å²) in [6.45, 7) is 7.55. The van der Waals surface area contributed by atoms with Gasteiger partial charge < -0.3 is 5.11 Å². The van der Waals surface area contributed by atoms with E-state index in [9.17, 15) is 5.11 Å². The highest BCUT2D eigenvalue weighted by atomic mass is 16.3. The van der Waals surface area contributed by atoms with Gasteiger partial charge in [-0.1, -0.05) is 12.0 Å². The molecule has 0 aromatic rings. The van der Waals surface area contributed by atoms with Crippen molar-refractivity contribution in [1.29, 1.82) is 0 Å². The fourth-order valence-corrected chi connectivity index (χ4v) is 0.872. The van der Waals surface area contributed by atoms with Gasteiger partial charge >= 0.3 is 0 Å². The van der Waals surface area contributed by atoms with E-state index in [1.54, 1.807) is 6.92 Å². The number of allylic oxidation sites excluding steroid dienone is 1. The van der Waals surface area contributed by atoms with Crippen molar-refractivity contribution in [3.05, 3.63) is 11.6 Å². The van der Waals surface area contributed by atoms with Crippen molar-refractivity contribution >= 4 is 0 Å². The average Bonchev–Trinajstić information content (AvgIpc) is 2.02. The van der Waals surface area contributed by atoms with Gasteiger partial charge in [0.15, 0.2) is 0 Å². The Morgan fingerprint density at radius 3 is 2.45 bits per heavy atom. The van der Waals surface area contributed by atoms with E-state index < -0.39 is 6.10 Å². The molecule has 1 N–H and O–H groups in total. The van der Waals surface area contributed by atoms with Gasteiger partial charge in [-0.15, -0.1) is 5.92 Å². The molecular weight excluding hydrogens is 136 g/mol. The van der Waals surface area contributed by atoms with Crippen LogP contribution in [0.4, 0.5) is 0 Å². The quantitative estimate of drug-likeness (QED) is 0.474. The Kier molecular flexibility index (Phi) is 4.65. The van der Waals surface area contributed by atoms with E-state index in [-0.39, 0.29) is 5.92 Å². The van der Waals surface area contributed by atoms with E-state index in [4.69, 9.17) is 0 Å². The van der Waals surface area contributed by atoms with Crippen LogP contribution in [0.3, 0.4) is 0 Å². The smallest absolute Gasteiger partial charge is 0.0881 e. The van der Waals surface area contributed by atoms with Crippen LogP contribution in [-0.2, 0) is 0 Å². The predicted octanol–water partition coefficient (Wildman–Crippen LogP) is 1.97. The molecule has 1 unspecified atom stereocenters. The van der Waals surface area contributed by atoms with Gasteiger partial charge in [0, 0.05) is 5.92 Å². The summed E-state index contributed by atoms with van der Waals surface area (Å²) < 4.78 is 0. The van der Waals surface area contributed by atoms with Gasteiger partial charge in [-0.05, 0) is 33.3 Å². The highest BCUT2D eigenvalue weighted by molar-refractivity contribution is 5.12. The number of hydrogen-bond acceptors (Lipinski definition) is 1. The molecule has 0 aromatic heterocycles. The molecule has 0 radical (unpaired) electrons. The minimum absolute atomic E-state index is 0.0381. The number of aliphatic hydroxyl groups excluding tert-OH is 1. The highest BCUT2D eigenvalue weighted by Gasteiger charge is 2.11. The lowest BCUT2D eigenvalue weighted by Crippen LogP contribution is -2.17. The summed E-state index contributed by atoms with van der Waals surface area (Å²) in [5, 5.41) is 9.55. The van der Waals surface area contributed by atoms with Gasteiger partial charge in [0.05, 0.1) is 6.10 Å². The van der Waals surface area contributed by atoms with Crippen LogP contribution in [0.2, 0.25) is 0 Å². The molecule has 0 rings (SSSR count). The van der Waals surface area contributed by atoms with Gasteiger partial charge in [-0.25, -0.2) is 0 Å². The number of hydrogen-bond donors (Lipinski definition) is 1. The molecule has 11 heavy (non-hydrogen) atoms. The zero-order valence-corrected chi connectivity index (χ0v) is 7.68. The maximum Gasteiger partial charge on any atom is 0.0881 e. The molecule has 0 saturated heterocycles. The van der Waals surface area contributed by atoms with Crippen LogP contribution < -0.4 is 0 Å². The summed E-state index contributed by atoms with van der Waals surface area (Å²) in [5.74, 6) is 5.75. The molecule has 1 heteroatoms. The SMILES string of the molecule is CC#C[C@@H](C)C(O)/C(C)=C\C. The third-order valence-electron chi connectivity index (χ3n) is 1.77. The van der Waals surface area contributed by atoms with Crippen LogP contribution in [0.25, 0.3) is 0 Å². The van der Waals surface area contributed by atoms with E-state index in [0.29, 0.717) is 0 Å². The molecule has 0 amide bonds. The van der Waals surface area contributed by atoms with Gasteiger partial charge in [-0.3, -0.25) is 0 Å².